The highest BCUT2D eigenvalue weighted by molar-refractivity contribution is 5.94. The van der Waals surface area contributed by atoms with Gasteiger partial charge in [0.1, 0.15) is 5.75 Å². The van der Waals surface area contributed by atoms with Gasteiger partial charge in [-0.05, 0) is 69.1 Å². The maximum Gasteiger partial charge on any atom is 0.251 e. The minimum atomic E-state index is 0.00650. The van der Waals surface area contributed by atoms with Crippen molar-refractivity contribution in [1.82, 2.24) is 15.2 Å². The van der Waals surface area contributed by atoms with Gasteiger partial charge in [0.2, 0.25) is 0 Å². The Morgan fingerprint density at radius 3 is 2.58 bits per heavy atom. The number of hydrogen-bond donors (Lipinski definition) is 2. The molecule has 1 aromatic carbocycles. The number of nitrogens with zero attached hydrogens (tertiary/aromatic N) is 1. The predicted molar refractivity (Wildman–Crippen MR) is 92.3 cm³/mol. The van der Waals surface area contributed by atoms with Crippen LogP contribution in [0, 0.1) is 5.92 Å². The van der Waals surface area contributed by atoms with E-state index in [1.807, 2.05) is 42.6 Å². The van der Waals surface area contributed by atoms with Gasteiger partial charge in [-0.1, -0.05) is 0 Å². The van der Waals surface area contributed by atoms with Crippen LogP contribution in [0.3, 0.4) is 0 Å². The lowest BCUT2D eigenvalue weighted by atomic mass is 9.79. The molecule has 2 bridgehead atoms. The fourth-order valence-corrected chi connectivity index (χ4v) is 3.96. The molecule has 2 N–H and O–H groups in total. The van der Waals surface area contributed by atoms with Gasteiger partial charge in [0.15, 0.2) is 5.88 Å². The van der Waals surface area contributed by atoms with Crippen molar-refractivity contribution in [1.29, 1.82) is 0 Å². The molecule has 0 saturated carbocycles. The van der Waals surface area contributed by atoms with Crippen LogP contribution in [-0.2, 0) is 0 Å². The molecular formula is C19H23N3O2. The average molecular weight is 325 g/mol. The number of amides is 1. The third-order valence-electron chi connectivity index (χ3n) is 5.39. The highest BCUT2D eigenvalue weighted by Gasteiger charge is 2.40. The summed E-state index contributed by atoms with van der Waals surface area (Å²) in [4.78, 5) is 18.1. The third-order valence-corrected chi connectivity index (χ3v) is 5.39. The van der Waals surface area contributed by atoms with E-state index < -0.39 is 0 Å². The first kappa shape index (κ1) is 15.3. The number of fused-ring (bicyclic) bond motifs is 3. The van der Waals surface area contributed by atoms with Gasteiger partial charge >= 0.3 is 0 Å². The van der Waals surface area contributed by atoms with Gasteiger partial charge in [0, 0.05) is 29.9 Å². The Balaban J connectivity index is 1.41. The standard InChI is InChI=1S/C19H23N3O2/c1-13-18(14-8-11-22(13)12-9-14)21-19(23)15-4-6-16(7-5-15)24-17-3-2-10-20-17/h2-7,10,13-14,18,20H,8-9,11-12H2,1H3,(H,21,23). The highest BCUT2D eigenvalue weighted by atomic mass is 16.5. The Morgan fingerprint density at radius 2 is 1.96 bits per heavy atom. The minimum absolute atomic E-state index is 0.00650. The SMILES string of the molecule is CC1C(NC(=O)c2ccc(Oc3ccc[nH]3)cc2)C2CCN1CC2. The second kappa shape index (κ2) is 6.32. The molecule has 1 aromatic heterocycles. The topological polar surface area (TPSA) is 57.4 Å². The molecule has 3 aliphatic heterocycles. The van der Waals surface area contributed by atoms with E-state index in [9.17, 15) is 4.79 Å². The Morgan fingerprint density at radius 1 is 1.21 bits per heavy atom. The molecule has 2 aromatic rings. The summed E-state index contributed by atoms with van der Waals surface area (Å²) in [5.74, 6) is 2.02. The first-order chi connectivity index (χ1) is 11.7. The highest BCUT2D eigenvalue weighted by Crippen LogP contribution is 2.32. The number of piperidine rings is 3. The molecule has 24 heavy (non-hydrogen) atoms. The lowest BCUT2D eigenvalue weighted by Crippen LogP contribution is -2.62. The molecule has 5 rings (SSSR count). The number of hydrogen-bond acceptors (Lipinski definition) is 3. The van der Waals surface area contributed by atoms with E-state index in [-0.39, 0.29) is 11.9 Å². The fourth-order valence-electron chi connectivity index (χ4n) is 3.96. The van der Waals surface area contributed by atoms with Crippen molar-refractivity contribution in [2.45, 2.75) is 31.8 Å². The molecule has 0 aliphatic carbocycles. The van der Waals surface area contributed by atoms with Gasteiger partial charge < -0.3 is 15.0 Å². The summed E-state index contributed by atoms with van der Waals surface area (Å²) < 4.78 is 5.67. The van der Waals surface area contributed by atoms with Crippen LogP contribution >= 0.6 is 0 Å². The second-order valence-corrected chi connectivity index (χ2v) is 6.77. The van der Waals surface area contributed by atoms with E-state index in [0.29, 0.717) is 29.2 Å². The average Bonchev–Trinajstić information content (AvgIpc) is 3.12. The number of aromatic amines is 1. The second-order valence-electron chi connectivity index (χ2n) is 6.77. The molecule has 4 heterocycles. The number of ether oxygens (including phenoxy) is 1. The van der Waals surface area contributed by atoms with Crippen molar-refractivity contribution in [3.8, 4) is 11.6 Å². The monoisotopic (exact) mass is 325 g/mol. The third kappa shape index (κ3) is 2.91. The number of H-pyrrole nitrogens is 1. The van der Waals surface area contributed by atoms with Gasteiger partial charge in [-0.25, -0.2) is 0 Å². The lowest BCUT2D eigenvalue weighted by Gasteiger charge is -2.49. The number of rotatable bonds is 4. The van der Waals surface area contributed by atoms with E-state index >= 15 is 0 Å². The molecular weight excluding hydrogens is 302 g/mol. The van der Waals surface area contributed by atoms with Crippen LogP contribution in [0.25, 0.3) is 0 Å². The summed E-state index contributed by atoms with van der Waals surface area (Å²) in [5, 5.41) is 3.25. The summed E-state index contributed by atoms with van der Waals surface area (Å²) in [7, 11) is 0. The Labute approximate surface area is 142 Å². The maximum absolute atomic E-state index is 12.6. The van der Waals surface area contributed by atoms with Gasteiger partial charge in [0.25, 0.3) is 5.91 Å². The van der Waals surface area contributed by atoms with E-state index in [0.717, 1.165) is 0 Å². The summed E-state index contributed by atoms with van der Waals surface area (Å²) in [6, 6.07) is 11.7. The normalized spacial score (nSPS) is 28.5. The van der Waals surface area contributed by atoms with Crippen molar-refractivity contribution in [2.24, 2.45) is 5.92 Å². The number of carbonyl (C=O) groups excluding carboxylic acids is 1. The quantitative estimate of drug-likeness (QED) is 0.908. The largest absolute Gasteiger partial charge is 0.441 e. The molecule has 0 radical (unpaired) electrons. The van der Waals surface area contributed by atoms with Gasteiger partial charge in [-0.3, -0.25) is 9.69 Å². The lowest BCUT2D eigenvalue weighted by molar-refractivity contribution is 0.0217. The molecule has 5 nitrogen and oxygen atoms in total. The van der Waals surface area contributed by atoms with Crippen molar-refractivity contribution < 1.29 is 9.53 Å². The maximum atomic E-state index is 12.6. The molecule has 1 amide bonds. The van der Waals surface area contributed by atoms with E-state index in [1.54, 1.807) is 0 Å². The van der Waals surface area contributed by atoms with Crippen LogP contribution in [-0.4, -0.2) is 41.0 Å². The number of carbonyl (C=O) groups is 1. The minimum Gasteiger partial charge on any atom is -0.441 e. The van der Waals surface area contributed by atoms with Crippen LogP contribution in [0.4, 0.5) is 0 Å². The zero-order valence-electron chi connectivity index (χ0n) is 13.9. The molecule has 3 aliphatic rings. The van der Waals surface area contributed by atoms with Crippen molar-refractivity contribution in [3.05, 3.63) is 48.2 Å². The van der Waals surface area contributed by atoms with Gasteiger partial charge in [-0.2, -0.15) is 0 Å². The van der Waals surface area contributed by atoms with Crippen LogP contribution in [0.1, 0.15) is 30.1 Å². The molecule has 2 unspecified atom stereocenters. The van der Waals surface area contributed by atoms with E-state index in [1.165, 1.54) is 25.9 Å². The number of aromatic nitrogens is 1. The summed E-state index contributed by atoms with van der Waals surface area (Å²) in [6.45, 7) is 4.57. The Kier molecular flexibility index (Phi) is 4.02. The predicted octanol–water partition coefficient (Wildman–Crippen LogP) is 3.02. The van der Waals surface area contributed by atoms with Crippen molar-refractivity contribution >= 4 is 5.91 Å². The van der Waals surface area contributed by atoms with Crippen molar-refractivity contribution in [3.63, 3.8) is 0 Å². The zero-order valence-corrected chi connectivity index (χ0v) is 13.9. The molecule has 126 valence electrons. The molecule has 0 spiro atoms. The smallest absolute Gasteiger partial charge is 0.251 e. The van der Waals surface area contributed by atoms with Gasteiger partial charge in [-0.15, -0.1) is 0 Å². The van der Waals surface area contributed by atoms with Crippen molar-refractivity contribution in [2.75, 3.05) is 13.1 Å². The zero-order chi connectivity index (χ0) is 16.5. The van der Waals surface area contributed by atoms with E-state index in [2.05, 4.69) is 22.1 Å². The Hall–Kier alpha value is -2.27. The molecule has 3 fully saturated rings. The summed E-state index contributed by atoms with van der Waals surface area (Å²) in [6.07, 6.45) is 4.20. The number of benzene rings is 1. The van der Waals surface area contributed by atoms with Gasteiger partial charge in [0.05, 0.1) is 0 Å². The fraction of sp³-hybridized carbons (Fsp3) is 0.421. The first-order valence-electron chi connectivity index (χ1n) is 8.67. The number of nitrogens with one attached hydrogen (secondary N) is 2. The van der Waals surface area contributed by atoms with Crippen LogP contribution < -0.4 is 10.1 Å². The van der Waals surface area contributed by atoms with Crippen LogP contribution in [0.5, 0.6) is 11.6 Å². The Bertz CT molecular complexity index is 686. The molecule has 2 atom stereocenters. The van der Waals surface area contributed by atoms with E-state index in [4.69, 9.17) is 4.74 Å². The summed E-state index contributed by atoms with van der Waals surface area (Å²) >= 11 is 0. The van der Waals surface area contributed by atoms with Crippen LogP contribution in [0.15, 0.2) is 42.6 Å². The first-order valence-corrected chi connectivity index (χ1v) is 8.67. The summed E-state index contributed by atoms with van der Waals surface area (Å²) in [5.41, 5.74) is 0.678. The van der Waals surface area contributed by atoms with Crippen LogP contribution in [0.2, 0.25) is 0 Å². The molecule has 3 saturated heterocycles. The molecule has 5 heteroatoms.